The van der Waals surface area contributed by atoms with Crippen molar-refractivity contribution in [3.8, 4) is 22.3 Å². The summed E-state index contributed by atoms with van der Waals surface area (Å²) in [6.07, 6.45) is 10.0. The van der Waals surface area contributed by atoms with Gasteiger partial charge in [-0.3, -0.25) is 0 Å². The van der Waals surface area contributed by atoms with Gasteiger partial charge in [0.05, 0.1) is 13.2 Å². The number of benzene rings is 4. The van der Waals surface area contributed by atoms with E-state index in [4.69, 9.17) is 9.47 Å². The molecule has 2 aliphatic rings. The molecule has 2 unspecified atom stereocenters. The summed E-state index contributed by atoms with van der Waals surface area (Å²) in [4.78, 5) is 0. The van der Waals surface area contributed by atoms with Crippen molar-refractivity contribution in [2.75, 3.05) is 26.7 Å². The maximum atomic E-state index is 5.33. The Bertz CT molecular complexity index is 1520. The van der Waals surface area contributed by atoms with Crippen LogP contribution in [0.4, 0.5) is 0 Å². The SMILES string of the molecule is COCc1ccc(-c2cccc3c2C=C(C)C3S(C)(C)C2C(C)=Cc3c(-c4ccc(COC)cc4)cccc32)cc1. The Kier molecular flexibility index (Phi) is 7.54. The number of fused-ring (bicyclic) bond motifs is 2. The predicted octanol–water partition coefficient (Wildman–Crippen LogP) is 9.99. The Hall–Kier alpha value is -3.37. The fourth-order valence-electron chi connectivity index (χ4n) is 7.19. The quantitative estimate of drug-likeness (QED) is 0.213. The normalized spacial score (nSPS) is 18.1. The van der Waals surface area contributed by atoms with E-state index in [1.807, 2.05) is 0 Å². The number of hydrogen-bond donors (Lipinski definition) is 0. The van der Waals surface area contributed by atoms with Gasteiger partial charge in [-0.15, -0.1) is 0 Å². The van der Waals surface area contributed by atoms with Gasteiger partial charge in [0.25, 0.3) is 0 Å². The standard InChI is InChI=1S/C38H40O2S/c1-25-21-35-31(29-17-13-27(14-18-29)23-39-3)9-7-11-33(35)37(25)41(5,6)38-26(2)22-36-32(10-8-12-34(36)38)30-19-15-28(16-20-30)24-40-4/h7-22,37-38H,23-24H2,1-6H3. The summed E-state index contributed by atoms with van der Waals surface area (Å²) in [5, 5.41) is 0.836. The summed E-state index contributed by atoms with van der Waals surface area (Å²) in [5.41, 5.74) is 16.3. The van der Waals surface area contributed by atoms with Crippen LogP contribution in [0.2, 0.25) is 0 Å². The second kappa shape index (κ2) is 11.1. The first kappa shape index (κ1) is 27.8. The molecule has 210 valence electrons. The number of hydrogen-bond acceptors (Lipinski definition) is 2. The van der Waals surface area contributed by atoms with Crippen molar-refractivity contribution in [1.29, 1.82) is 0 Å². The van der Waals surface area contributed by atoms with Gasteiger partial charge >= 0.3 is 0 Å². The third-order valence-electron chi connectivity index (χ3n) is 8.78. The van der Waals surface area contributed by atoms with E-state index in [0.717, 1.165) is 0 Å². The van der Waals surface area contributed by atoms with Crippen molar-refractivity contribution in [3.05, 3.63) is 129 Å². The predicted molar refractivity (Wildman–Crippen MR) is 177 cm³/mol. The largest absolute Gasteiger partial charge is 0.380 e. The second-order valence-electron chi connectivity index (χ2n) is 11.9. The van der Waals surface area contributed by atoms with Gasteiger partial charge in [0.15, 0.2) is 0 Å². The minimum Gasteiger partial charge on any atom is -0.380 e. The van der Waals surface area contributed by atoms with Gasteiger partial charge in [0.1, 0.15) is 0 Å². The van der Waals surface area contributed by atoms with E-state index in [2.05, 4.69) is 123 Å². The average Bonchev–Trinajstić information content (AvgIpc) is 3.50. The molecule has 0 fully saturated rings. The summed E-state index contributed by atoms with van der Waals surface area (Å²) in [7, 11) is 2.33. The van der Waals surface area contributed by atoms with Crippen LogP contribution in [-0.2, 0) is 22.7 Å². The summed E-state index contributed by atoms with van der Waals surface area (Å²) < 4.78 is 10.7. The molecule has 2 nitrogen and oxygen atoms in total. The third-order valence-corrected chi connectivity index (χ3v) is 12.5. The first-order chi connectivity index (χ1) is 19.8. The Morgan fingerprint density at radius 3 is 1.32 bits per heavy atom. The molecule has 2 atom stereocenters. The van der Waals surface area contributed by atoms with Crippen LogP contribution in [0.3, 0.4) is 0 Å². The molecule has 41 heavy (non-hydrogen) atoms. The molecule has 0 spiro atoms. The third kappa shape index (κ3) is 4.91. The van der Waals surface area contributed by atoms with Crippen LogP contribution in [-0.4, -0.2) is 26.7 Å². The topological polar surface area (TPSA) is 18.5 Å². The highest BCUT2D eigenvalue weighted by atomic mass is 32.3. The lowest BCUT2D eigenvalue weighted by molar-refractivity contribution is 0.185. The minimum atomic E-state index is -1.16. The smallest absolute Gasteiger partial charge is 0.0713 e. The van der Waals surface area contributed by atoms with E-state index in [0.29, 0.717) is 23.7 Å². The van der Waals surface area contributed by atoms with Gasteiger partial charge in [0.2, 0.25) is 0 Å². The monoisotopic (exact) mass is 560 g/mol. The Labute approximate surface area is 247 Å². The van der Waals surface area contributed by atoms with E-state index in [9.17, 15) is 0 Å². The van der Waals surface area contributed by atoms with E-state index < -0.39 is 10.0 Å². The maximum Gasteiger partial charge on any atom is 0.0713 e. The van der Waals surface area contributed by atoms with Crippen LogP contribution in [0.1, 0.15) is 57.7 Å². The fourth-order valence-corrected chi connectivity index (χ4v) is 11.2. The lowest BCUT2D eigenvalue weighted by atomic mass is 9.96. The summed E-state index contributed by atoms with van der Waals surface area (Å²) in [6, 6.07) is 31.5. The zero-order chi connectivity index (χ0) is 28.7. The zero-order valence-electron chi connectivity index (χ0n) is 25.0. The van der Waals surface area contributed by atoms with Crippen molar-refractivity contribution < 1.29 is 9.47 Å². The molecule has 0 saturated heterocycles. The molecule has 0 saturated carbocycles. The Balaban J connectivity index is 1.37. The molecule has 4 aromatic carbocycles. The van der Waals surface area contributed by atoms with Gasteiger partial charge in [-0.2, -0.15) is 0 Å². The minimum absolute atomic E-state index is 0.418. The van der Waals surface area contributed by atoms with Gasteiger partial charge in [0, 0.05) is 24.7 Å². The fraction of sp³-hybridized carbons (Fsp3) is 0.263. The Morgan fingerprint density at radius 1 is 0.561 bits per heavy atom. The first-order valence-corrected chi connectivity index (χ1v) is 16.9. The van der Waals surface area contributed by atoms with Crippen LogP contribution < -0.4 is 0 Å². The maximum absolute atomic E-state index is 5.33. The first-order valence-electron chi connectivity index (χ1n) is 14.3. The van der Waals surface area contributed by atoms with E-state index in [1.54, 1.807) is 14.2 Å². The Morgan fingerprint density at radius 2 is 0.951 bits per heavy atom. The van der Waals surface area contributed by atoms with E-state index in [1.165, 1.54) is 66.8 Å². The molecule has 4 aromatic rings. The van der Waals surface area contributed by atoms with Gasteiger partial charge in [-0.25, -0.2) is 10.0 Å². The number of rotatable bonds is 8. The lowest BCUT2D eigenvalue weighted by Crippen LogP contribution is -2.16. The molecule has 6 rings (SSSR count). The van der Waals surface area contributed by atoms with Crippen LogP contribution >= 0.6 is 10.0 Å². The molecule has 0 aliphatic heterocycles. The lowest BCUT2D eigenvalue weighted by Gasteiger charge is -2.46. The van der Waals surface area contributed by atoms with Crippen LogP contribution in [0, 0.1) is 0 Å². The molecule has 0 radical (unpaired) electrons. The van der Waals surface area contributed by atoms with Crippen molar-refractivity contribution in [2.45, 2.75) is 37.6 Å². The average molecular weight is 561 g/mol. The molecule has 2 aliphatic carbocycles. The summed E-state index contributed by atoms with van der Waals surface area (Å²) in [6.45, 7) is 5.97. The second-order valence-corrected chi connectivity index (χ2v) is 15.8. The van der Waals surface area contributed by atoms with Crippen LogP contribution in [0.15, 0.2) is 96.1 Å². The molecule has 0 bridgehead atoms. The van der Waals surface area contributed by atoms with Gasteiger partial charge in [-0.05, 0) is 82.0 Å². The molecule has 0 aromatic heterocycles. The summed E-state index contributed by atoms with van der Waals surface area (Å²) >= 11 is 0. The highest BCUT2D eigenvalue weighted by molar-refractivity contribution is 8.33. The molecular formula is C38H40O2S. The van der Waals surface area contributed by atoms with Crippen molar-refractivity contribution in [1.82, 2.24) is 0 Å². The molecule has 3 heteroatoms. The zero-order valence-corrected chi connectivity index (χ0v) is 25.8. The van der Waals surface area contributed by atoms with E-state index in [-0.39, 0.29) is 0 Å². The molecule has 0 heterocycles. The molecule has 0 amide bonds. The van der Waals surface area contributed by atoms with Crippen LogP contribution in [0.25, 0.3) is 34.4 Å². The molecule has 0 N–H and O–H groups in total. The highest BCUT2D eigenvalue weighted by Crippen LogP contribution is 2.72. The van der Waals surface area contributed by atoms with Gasteiger partial charge < -0.3 is 9.47 Å². The number of ether oxygens (including phenoxy) is 2. The van der Waals surface area contributed by atoms with Crippen LogP contribution in [0.5, 0.6) is 0 Å². The van der Waals surface area contributed by atoms with E-state index >= 15 is 0 Å². The number of methoxy groups -OCH3 is 2. The highest BCUT2D eigenvalue weighted by Gasteiger charge is 2.42. The van der Waals surface area contributed by atoms with Crippen molar-refractivity contribution in [3.63, 3.8) is 0 Å². The van der Waals surface area contributed by atoms with Crippen molar-refractivity contribution in [2.24, 2.45) is 0 Å². The summed E-state index contributed by atoms with van der Waals surface area (Å²) in [5.74, 6) is 0. The van der Waals surface area contributed by atoms with Gasteiger partial charge in [-0.1, -0.05) is 108 Å². The van der Waals surface area contributed by atoms with Crippen molar-refractivity contribution >= 4 is 22.2 Å². The molecular weight excluding hydrogens is 520 g/mol.